The van der Waals surface area contributed by atoms with Crippen LogP contribution >= 0.6 is 23.2 Å². The largest absolute Gasteiger partial charge is 0.352 e. The van der Waals surface area contributed by atoms with Crippen molar-refractivity contribution < 1.29 is 18.0 Å². The Labute approximate surface area is 253 Å². The number of hydrogen-bond donors (Lipinski definition) is 1. The molecule has 0 radical (unpaired) electrons. The number of amides is 2. The minimum absolute atomic E-state index is 0.0194. The minimum atomic E-state index is -3.85. The van der Waals surface area contributed by atoms with Crippen LogP contribution in [0.15, 0.2) is 66.7 Å². The Morgan fingerprint density at radius 1 is 0.927 bits per heavy atom. The van der Waals surface area contributed by atoms with E-state index in [1.54, 1.807) is 31.2 Å². The SMILES string of the molecule is CC[C@@H](C)NC(=O)[C@@H](Cc1ccccc1)N(Cc1ccc(Cl)c(Cl)c1)C(=O)CN(c1cc(C)ccc1C)S(C)(=O)=O. The molecule has 0 aliphatic heterocycles. The van der Waals surface area contributed by atoms with Crippen LogP contribution in [0.1, 0.15) is 42.5 Å². The highest BCUT2D eigenvalue weighted by molar-refractivity contribution is 7.92. The first kappa shape index (κ1) is 32.4. The maximum atomic E-state index is 14.2. The number of anilines is 1. The van der Waals surface area contributed by atoms with Gasteiger partial charge in [-0.15, -0.1) is 0 Å². The molecule has 1 N–H and O–H groups in total. The predicted molar refractivity (Wildman–Crippen MR) is 167 cm³/mol. The lowest BCUT2D eigenvalue weighted by Crippen LogP contribution is -2.54. The summed E-state index contributed by atoms with van der Waals surface area (Å²) in [6.07, 6.45) is 2.01. The molecule has 0 bridgehead atoms. The van der Waals surface area contributed by atoms with E-state index in [1.165, 1.54) is 4.90 Å². The quantitative estimate of drug-likeness (QED) is 0.273. The number of nitrogens with one attached hydrogen (secondary N) is 1. The van der Waals surface area contributed by atoms with Gasteiger partial charge < -0.3 is 10.2 Å². The van der Waals surface area contributed by atoms with Crippen LogP contribution in [0.5, 0.6) is 0 Å². The molecule has 3 rings (SSSR count). The monoisotopic (exact) mass is 617 g/mol. The maximum Gasteiger partial charge on any atom is 0.244 e. The Morgan fingerprint density at radius 2 is 1.61 bits per heavy atom. The van der Waals surface area contributed by atoms with Crippen molar-refractivity contribution in [2.75, 3.05) is 17.1 Å². The average Bonchev–Trinajstić information content (AvgIpc) is 2.92. The number of carbonyl (C=O) groups excluding carboxylic acids is 2. The van der Waals surface area contributed by atoms with E-state index in [4.69, 9.17) is 23.2 Å². The summed E-state index contributed by atoms with van der Waals surface area (Å²) in [6.45, 7) is 7.05. The summed E-state index contributed by atoms with van der Waals surface area (Å²) in [5.74, 6) is -0.850. The summed E-state index contributed by atoms with van der Waals surface area (Å²) in [4.78, 5) is 29.4. The lowest BCUT2D eigenvalue weighted by molar-refractivity contribution is -0.140. The van der Waals surface area contributed by atoms with Crippen LogP contribution in [-0.2, 0) is 32.6 Å². The van der Waals surface area contributed by atoms with Crippen molar-refractivity contribution in [3.8, 4) is 0 Å². The molecule has 220 valence electrons. The van der Waals surface area contributed by atoms with Gasteiger partial charge in [-0.05, 0) is 67.6 Å². The van der Waals surface area contributed by atoms with E-state index in [2.05, 4.69) is 5.32 Å². The molecule has 41 heavy (non-hydrogen) atoms. The lowest BCUT2D eigenvalue weighted by Gasteiger charge is -2.34. The van der Waals surface area contributed by atoms with Crippen LogP contribution in [0.4, 0.5) is 5.69 Å². The zero-order chi connectivity index (χ0) is 30.3. The van der Waals surface area contributed by atoms with E-state index in [0.29, 0.717) is 33.3 Å². The van der Waals surface area contributed by atoms with E-state index in [0.717, 1.165) is 21.7 Å². The van der Waals surface area contributed by atoms with Crippen LogP contribution in [-0.4, -0.2) is 50.0 Å². The Kier molecular flexibility index (Phi) is 11.2. The molecule has 0 saturated carbocycles. The number of sulfonamides is 1. The van der Waals surface area contributed by atoms with Gasteiger partial charge in [-0.2, -0.15) is 0 Å². The topological polar surface area (TPSA) is 86.8 Å². The van der Waals surface area contributed by atoms with Gasteiger partial charge in [0.25, 0.3) is 0 Å². The van der Waals surface area contributed by atoms with Crippen LogP contribution in [0, 0.1) is 13.8 Å². The van der Waals surface area contributed by atoms with Gasteiger partial charge in [-0.25, -0.2) is 8.42 Å². The third-order valence-electron chi connectivity index (χ3n) is 6.92. The Balaban J connectivity index is 2.11. The zero-order valence-corrected chi connectivity index (χ0v) is 26.4. The first-order chi connectivity index (χ1) is 19.3. The van der Waals surface area contributed by atoms with Gasteiger partial charge in [-0.1, -0.05) is 78.7 Å². The van der Waals surface area contributed by atoms with E-state index >= 15 is 0 Å². The second-order valence-electron chi connectivity index (χ2n) is 10.4. The predicted octanol–water partition coefficient (Wildman–Crippen LogP) is 5.93. The molecule has 0 spiro atoms. The van der Waals surface area contributed by atoms with Gasteiger partial charge in [-0.3, -0.25) is 13.9 Å². The van der Waals surface area contributed by atoms with E-state index in [1.807, 2.05) is 63.2 Å². The summed E-state index contributed by atoms with van der Waals surface area (Å²) < 4.78 is 27.1. The molecular weight excluding hydrogens is 581 g/mol. The number of benzene rings is 3. The molecule has 10 heteroatoms. The van der Waals surface area contributed by atoms with Gasteiger partial charge in [0.15, 0.2) is 0 Å². The zero-order valence-electron chi connectivity index (χ0n) is 24.0. The van der Waals surface area contributed by atoms with Crippen molar-refractivity contribution >= 4 is 50.7 Å². The first-order valence-electron chi connectivity index (χ1n) is 13.4. The smallest absolute Gasteiger partial charge is 0.244 e. The van der Waals surface area contributed by atoms with Crippen molar-refractivity contribution in [2.45, 2.75) is 59.2 Å². The standard InChI is InChI=1S/C31H37Cl2N3O4S/c1-6-23(4)34-31(38)29(18-24-10-8-7-9-11-24)35(19-25-14-15-26(32)27(33)17-25)30(37)20-36(41(5,39)40)28-16-21(2)12-13-22(28)3/h7-17,23,29H,6,18-20H2,1-5H3,(H,34,38)/t23-,29-/m1/s1. The molecule has 3 aromatic rings. The molecule has 7 nitrogen and oxygen atoms in total. The summed E-state index contributed by atoms with van der Waals surface area (Å²) >= 11 is 12.4. The number of halogens is 2. The number of carbonyl (C=O) groups is 2. The van der Waals surface area contributed by atoms with Gasteiger partial charge in [0.05, 0.1) is 22.0 Å². The Bertz CT molecular complexity index is 1480. The number of rotatable bonds is 12. The molecule has 0 fully saturated rings. The molecule has 2 atom stereocenters. The fourth-order valence-corrected chi connectivity index (χ4v) is 5.63. The van der Waals surface area contributed by atoms with Gasteiger partial charge in [0.1, 0.15) is 12.6 Å². The molecule has 0 aliphatic carbocycles. The summed E-state index contributed by atoms with van der Waals surface area (Å²) in [6, 6.07) is 18.8. The first-order valence-corrected chi connectivity index (χ1v) is 16.0. The summed E-state index contributed by atoms with van der Waals surface area (Å²) in [7, 11) is -3.85. The molecule has 2 amide bonds. The van der Waals surface area contributed by atoms with Gasteiger partial charge in [0, 0.05) is 19.0 Å². The van der Waals surface area contributed by atoms with Crippen LogP contribution in [0.2, 0.25) is 10.0 Å². The number of hydrogen-bond acceptors (Lipinski definition) is 4. The highest BCUT2D eigenvalue weighted by atomic mass is 35.5. The molecule has 0 aliphatic rings. The Morgan fingerprint density at radius 3 is 2.22 bits per heavy atom. The molecule has 0 unspecified atom stereocenters. The molecule has 0 saturated heterocycles. The highest BCUT2D eigenvalue weighted by Gasteiger charge is 2.33. The van der Waals surface area contributed by atoms with Gasteiger partial charge >= 0.3 is 0 Å². The minimum Gasteiger partial charge on any atom is -0.352 e. The van der Waals surface area contributed by atoms with Crippen molar-refractivity contribution in [1.29, 1.82) is 0 Å². The van der Waals surface area contributed by atoms with Crippen LogP contribution in [0.25, 0.3) is 0 Å². The van der Waals surface area contributed by atoms with Crippen molar-refractivity contribution in [3.63, 3.8) is 0 Å². The Hall–Kier alpha value is -3.07. The van der Waals surface area contributed by atoms with E-state index in [9.17, 15) is 18.0 Å². The highest BCUT2D eigenvalue weighted by Crippen LogP contribution is 2.27. The summed E-state index contributed by atoms with van der Waals surface area (Å²) in [5, 5.41) is 3.69. The second kappa shape index (κ2) is 14.2. The molecule has 0 aromatic heterocycles. The maximum absolute atomic E-state index is 14.2. The summed E-state index contributed by atoms with van der Waals surface area (Å²) in [5.41, 5.74) is 3.49. The van der Waals surface area contributed by atoms with Crippen molar-refractivity contribution in [3.05, 3.63) is 99.0 Å². The third kappa shape index (κ3) is 8.96. The number of aryl methyl sites for hydroxylation is 2. The van der Waals surface area contributed by atoms with E-state index < -0.39 is 28.5 Å². The van der Waals surface area contributed by atoms with Crippen molar-refractivity contribution in [1.82, 2.24) is 10.2 Å². The van der Waals surface area contributed by atoms with Gasteiger partial charge in [0.2, 0.25) is 21.8 Å². The second-order valence-corrected chi connectivity index (χ2v) is 13.1. The molecular formula is C31H37Cl2N3O4S. The number of nitrogens with zero attached hydrogens (tertiary/aromatic N) is 2. The lowest BCUT2D eigenvalue weighted by atomic mass is 10.0. The fourth-order valence-electron chi connectivity index (χ4n) is 4.41. The van der Waals surface area contributed by atoms with Crippen LogP contribution < -0.4 is 9.62 Å². The van der Waals surface area contributed by atoms with Crippen molar-refractivity contribution in [2.24, 2.45) is 0 Å². The average molecular weight is 619 g/mol. The van der Waals surface area contributed by atoms with E-state index in [-0.39, 0.29) is 24.9 Å². The normalized spacial score (nSPS) is 12.9. The molecule has 0 heterocycles. The third-order valence-corrected chi connectivity index (χ3v) is 8.79. The van der Waals surface area contributed by atoms with Crippen LogP contribution in [0.3, 0.4) is 0 Å². The fraction of sp³-hybridized carbons (Fsp3) is 0.355. The molecule has 3 aromatic carbocycles.